The molecule has 0 saturated heterocycles. The summed E-state index contributed by atoms with van der Waals surface area (Å²) in [6.45, 7) is 1.98. The van der Waals surface area contributed by atoms with Crippen molar-refractivity contribution >= 4 is 5.91 Å². The Bertz CT molecular complexity index is 566. The van der Waals surface area contributed by atoms with Crippen LogP contribution < -0.4 is 10.1 Å². The average Bonchev–Trinajstić information content (AvgIpc) is 2.48. The van der Waals surface area contributed by atoms with Crippen LogP contribution in [0, 0.1) is 0 Å². The van der Waals surface area contributed by atoms with Crippen molar-refractivity contribution in [2.75, 3.05) is 7.11 Å². The first-order chi connectivity index (χ1) is 9.69. The summed E-state index contributed by atoms with van der Waals surface area (Å²) in [6.07, 6.45) is 0.356. The summed E-state index contributed by atoms with van der Waals surface area (Å²) in [5, 5.41) is 3.00. The van der Waals surface area contributed by atoms with Crippen molar-refractivity contribution < 1.29 is 9.53 Å². The smallest absolute Gasteiger partial charge is 0.224 e. The van der Waals surface area contributed by atoms with E-state index in [1.807, 2.05) is 61.5 Å². The number of nitrogens with one attached hydrogen (secondary N) is 1. The molecule has 104 valence electrons. The number of hydrogen-bond acceptors (Lipinski definition) is 2. The van der Waals surface area contributed by atoms with Crippen molar-refractivity contribution in [1.29, 1.82) is 0 Å². The zero-order valence-electron chi connectivity index (χ0n) is 11.8. The van der Waals surface area contributed by atoms with Crippen LogP contribution in [0.5, 0.6) is 5.75 Å². The maximum Gasteiger partial charge on any atom is 0.224 e. The van der Waals surface area contributed by atoms with E-state index < -0.39 is 0 Å². The Morgan fingerprint density at radius 2 is 1.90 bits per heavy atom. The zero-order valence-corrected chi connectivity index (χ0v) is 11.8. The first-order valence-corrected chi connectivity index (χ1v) is 6.66. The van der Waals surface area contributed by atoms with Gasteiger partial charge in [-0.1, -0.05) is 42.5 Å². The monoisotopic (exact) mass is 269 g/mol. The minimum absolute atomic E-state index is 0.00862. The summed E-state index contributed by atoms with van der Waals surface area (Å²) in [5.41, 5.74) is 2.05. The fraction of sp³-hybridized carbons (Fsp3) is 0.235. The molecule has 1 atom stereocenters. The molecule has 0 aliphatic heterocycles. The highest BCUT2D eigenvalue weighted by Gasteiger charge is 2.10. The summed E-state index contributed by atoms with van der Waals surface area (Å²) < 4.78 is 5.16. The lowest BCUT2D eigenvalue weighted by Crippen LogP contribution is -2.28. The van der Waals surface area contributed by atoms with Crippen molar-refractivity contribution in [3.63, 3.8) is 0 Å². The minimum atomic E-state index is 0.00862. The van der Waals surface area contributed by atoms with Crippen LogP contribution in [-0.4, -0.2) is 13.0 Å². The van der Waals surface area contributed by atoms with Gasteiger partial charge < -0.3 is 10.1 Å². The number of rotatable bonds is 5. The Kier molecular flexibility index (Phi) is 4.77. The Morgan fingerprint density at radius 3 is 2.60 bits per heavy atom. The fourth-order valence-electron chi connectivity index (χ4n) is 2.09. The first-order valence-electron chi connectivity index (χ1n) is 6.66. The van der Waals surface area contributed by atoms with Crippen LogP contribution in [0.2, 0.25) is 0 Å². The SMILES string of the molecule is COc1cccc(CC(=O)N[C@@H](C)c2ccccc2)c1. The third-order valence-electron chi connectivity index (χ3n) is 3.18. The highest BCUT2D eigenvalue weighted by Crippen LogP contribution is 2.14. The number of carbonyl (C=O) groups is 1. The van der Waals surface area contributed by atoms with Crippen LogP contribution in [-0.2, 0) is 11.2 Å². The van der Waals surface area contributed by atoms with Gasteiger partial charge in [0.15, 0.2) is 0 Å². The molecule has 0 saturated carbocycles. The van der Waals surface area contributed by atoms with Crippen LogP contribution in [0.15, 0.2) is 54.6 Å². The number of methoxy groups -OCH3 is 1. The number of amides is 1. The Balaban J connectivity index is 1.95. The predicted molar refractivity (Wildman–Crippen MR) is 79.7 cm³/mol. The van der Waals surface area contributed by atoms with E-state index in [4.69, 9.17) is 4.74 Å². The normalized spacial score (nSPS) is 11.7. The number of ether oxygens (including phenoxy) is 1. The third-order valence-corrected chi connectivity index (χ3v) is 3.18. The van der Waals surface area contributed by atoms with Crippen LogP contribution in [0.25, 0.3) is 0 Å². The lowest BCUT2D eigenvalue weighted by Gasteiger charge is -2.14. The predicted octanol–water partition coefficient (Wildman–Crippen LogP) is 3.12. The maximum absolute atomic E-state index is 12.0. The van der Waals surface area contributed by atoms with E-state index in [0.717, 1.165) is 16.9 Å². The van der Waals surface area contributed by atoms with Gasteiger partial charge in [0.2, 0.25) is 5.91 Å². The van der Waals surface area contributed by atoms with Crippen LogP contribution in [0.3, 0.4) is 0 Å². The summed E-state index contributed by atoms with van der Waals surface area (Å²) in [6, 6.07) is 17.5. The second kappa shape index (κ2) is 6.75. The van der Waals surface area contributed by atoms with Crippen molar-refractivity contribution in [2.24, 2.45) is 0 Å². The average molecular weight is 269 g/mol. The zero-order chi connectivity index (χ0) is 14.4. The van der Waals surface area contributed by atoms with Crippen LogP contribution in [0.4, 0.5) is 0 Å². The minimum Gasteiger partial charge on any atom is -0.497 e. The van der Waals surface area contributed by atoms with Gasteiger partial charge in [-0.25, -0.2) is 0 Å². The molecule has 0 fully saturated rings. The van der Waals surface area contributed by atoms with E-state index in [0.29, 0.717) is 6.42 Å². The molecule has 2 aromatic carbocycles. The first kappa shape index (κ1) is 14.1. The number of hydrogen-bond donors (Lipinski definition) is 1. The van der Waals surface area contributed by atoms with Crippen molar-refractivity contribution in [3.8, 4) is 5.75 Å². The van der Waals surface area contributed by atoms with Crippen molar-refractivity contribution in [1.82, 2.24) is 5.32 Å². The molecule has 3 nitrogen and oxygen atoms in total. The van der Waals surface area contributed by atoms with Gasteiger partial charge in [-0.3, -0.25) is 4.79 Å². The highest BCUT2D eigenvalue weighted by molar-refractivity contribution is 5.79. The van der Waals surface area contributed by atoms with Gasteiger partial charge in [-0.2, -0.15) is 0 Å². The largest absolute Gasteiger partial charge is 0.497 e. The Labute approximate surface area is 119 Å². The molecule has 0 bridgehead atoms. The molecule has 0 aromatic heterocycles. The molecule has 0 heterocycles. The molecule has 0 unspecified atom stereocenters. The van der Waals surface area contributed by atoms with Gasteiger partial charge >= 0.3 is 0 Å². The molecule has 2 aromatic rings. The van der Waals surface area contributed by atoms with Crippen LogP contribution >= 0.6 is 0 Å². The van der Waals surface area contributed by atoms with Gasteiger partial charge in [0.25, 0.3) is 0 Å². The summed E-state index contributed by atoms with van der Waals surface area (Å²) in [4.78, 5) is 12.0. The standard InChI is InChI=1S/C17H19NO2/c1-13(15-8-4-3-5-9-15)18-17(19)12-14-7-6-10-16(11-14)20-2/h3-11,13H,12H2,1-2H3,(H,18,19)/t13-/m0/s1. The van der Waals surface area contributed by atoms with E-state index in [1.54, 1.807) is 7.11 Å². The Hall–Kier alpha value is -2.29. The van der Waals surface area contributed by atoms with E-state index in [-0.39, 0.29) is 11.9 Å². The molecular weight excluding hydrogens is 250 g/mol. The lowest BCUT2D eigenvalue weighted by molar-refractivity contribution is -0.121. The summed E-state index contributed by atoms with van der Waals surface area (Å²) >= 11 is 0. The molecule has 2 rings (SSSR count). The summed E-state index contributed by atoms with van der Waals surface area (Å²) in [5.74, 6) is 0.779. The molecule has 1 N–H and O–H groups in total. The molecule has 0 spiro atoms. The quantitative estimate of drug-likeness (QED) is 0.905. The van der Waals surface area contributed by atoms with Crippen molar-refractivity contribution in [2.45, 2.75) is 19.4 Å². The summed E-state index contributed by atoms with van der Waals surface area (Å²) in [7, 11) is 1.62. The lowest BCUT2D eigenvalue weighted by atomic mass is 10.1. The maximum atomic E-state index is 12.0. The van der Waals surface area contributed by atoms with Crippen LogP contribution in [0.1, 0.15) is 24.1 Å². The van der Waals surface area contributed by atoms with E-state index in [2.05, 4.69) is 5.32 Å². The molecule has 0 aliphatic rings. The van der Waals surface area contributed by atoms with Gasteiger partial charge in [0.05, 0.1) is 19.6 Å². The Morgan fingerprint density at radius 1 is 1.15 bits per heavy atom. The molecule has 0 aliphatic carbocycles. The highest BCUT2D eigenvalue weighted by atomic mass is 16.5. The number of carbonyl (C=O) groups excluding carboxylic acids is 1. The van der Waals surface area contributed by atoms with Gasteiger partial charge in [-0.05, 0) is 30.2 Å². The second-order valence-electron chi connectivity index (χ2n) is 4.73. The fourth-order valence-corrected chi connectivity index (χ4v) is 2.09. The third kappa shape index (κ3) is 3.85. The van der Waals surface area contributed by atoms with Crippen molar-refractivity contribution in [3.05, 3.63) is 65.7 Å². The van der Waals surface area contributed by atoms with Gasteiger partial charge in [-0.15, -0.1) is 0 Å². The van der Waals surface area contributed by atoms with Gasteiger partial charge in [0.1, 0.15) is 5.75 Å². The molecule has 3 heteroatoms. The molecule has 0 radical (unpaired) electrons. The molecule has 1 amide bonds. The van der Waals surface area contributed by atoms with Gasteiger partial charge in [0, 0.05) is 0 Å². The topological polar surface area (TPSA) is 38.3 Å². The molecular formula is C17H19NO2. The van der Waals surface area contributed by atoms with E-state index in [1.165, 1.54) is 0 Å². The molecule has 20 heavy (non-hydrogen) atoms. The number of benzene rings is 2. The second-order valence-corrected chi connectivity index (χ2v) is 4.73. The van der Waals surface area contributed by atoms with E-state index in [9.17, 15) is 4.79 Å². The van der Waals surface area contributed by atoms with E-state index >= 15 is 0 Å².